The van der Waals surface area contributed by atoms with Crippen molar-refractivity contribution in [3.8, 4) is 16.9 Å². The Kier molecular flexibility index (Phi) is 3.28. The van der Waals surface area contributed by atoms with Gasteiger partial charge in [-0.2, -0.15) is 0 Å². The molecule has 0 N–H and O–H groups in total. The van der Waals surface area contributed by atoms with Gasteiger partial charge in [0.25, 0.3) is 0 Å². The van der Waals surface area contributed by atoms with Crippen LogP contribution in [-0.2, 0) is 0 Å². The van der Waals surface area contributed by atoms with E-state index in [0.717, 1.165) is 11.1 Å². The molecule has 1 aliphatic rings. The SMILES string of the molecule is COc1cccc(-c2cccc3c2C(=O)c2ccccc2C3=O)c1. The molecule has 0 radical (unpaired) electrons. The van der Waals surface area contributed by atoms with Gasteiger partial charge in [-0.1, -0.05) is 54.6 Å². The van der Waals surface area contributed by atoms with Crippen molar-refractivity contribution in [1.29, 1.82) is 0 Å². The van der Waals surface area contributed by atoms with Crippen molar-refractivity contribution in [3.05, 3.63) is 89.0 Å². The molecule has 0 saturated carbocycles. The molecule has 0 atom stereocenters. The number of hydrogen-bond acceptors (Lipinski definition) is 3. The monoisotopic (exact) mass is 314 g/mol. The molecule has 0 aromatic heterocycles. The van der Waals surface area contributed by atoms with Crippen LogP contribution in [0.25, 0.3) is 11.1 Å². The van der Waals surface area contributed by atoms with Crippen LogP contribution in [0.4, 0.5) is 0 Å². The summed E-state index contributed by atoms with van der Waals surface area (Å²) in [5, 5.41) is 0. The number of methoxy groups -OCH3 is 1. The molecule has 0 heterocycles. The lowest BCUT2D eigenvalue weighted by Gasteiger charge is -2.20. The van der Waals surface area contributed by atoms with Crippen LogP contribution in [0.5, 0.6) is 5.75 Å². The number of hydrogen-bond donors (Lipinski definition) is 0. The lowest BCUT2D eigenvalue weighted by Crippen LogP contribution is -2.21. The zero-order valence-corrected chi connectivity index (χ0v) is 13.1. The highest BCUT2D eigenvalue weighted by Crippen LogP contribution is 2.35. The summed E-state index contributed by atoms with van der Waals surface area (Å²) >= 11 is 0. The first-order valence-electron chi connectivity index (χ1n) is 7.66. The summed E-state index contributed by atoms with van der Waals surface area (Å²) in [6.07, 6.45) is 0. The molecule has 3 heteroatoms. The molecule has 3 nitrogen and oxygen atoms in total. The zero-order valence-electron chi connectivity index (χ0n) is 13.1. The maximum atomic E-state index is 13.0. The van der Waals surface area contributed by atoms with Gasteiger partial charge in [0.1, 0.15) is 5.75 Å². The minimum atomic E-state index is -0.112. The Balaban J connectivity index is 1.97. The second-order valence-electron chi connectivity index (χ2n) is 5.66. The van der Waals surface area contributed by atoms with E-state index < -0.39 is 0 Å². The van der Waals surface area contributed by atoms with Gasteiger partial charge >= 0.3 is 0 Å². The predicted octanol–water partition coefficient (Wildman–Crippen LogP) is 4.14. The average Bonchev–Trinajstić information content (AvgIpc) is 2.65. The van der Waals surface area contributed by atoms with Crippen molar-refractivity contribution in [1.82, 2.24) is 0 Å². The molecule has 0 spiro atoms. The molecule has 0 aliphatic heterocycles. The van der Waals surface area contributed by atoms with Gasteiger partial charge < -0.3 is 4.74 Å². The summed E-state index contributed by atoms with van der Waals surface area (Å²) < 4.78 is 5.27. The maximum absolute atomic E-state index is 13.0. The molecular weight excluding hydrogens is 300 g/mol. The van der Waals surface area contributed by atoms with Crippen molar-refractivity contribution in [2.24, 2.45) is 0 Å². The Bertz CT molecular complexity index is 986. The molecule has 24 heavy (non-hydrogen) atoms. The summed E-state index contributed by atoms with van der Waals surface area (Å²) in [4.78, 5) is 25.8. The molecule has 0 saturated heterocycles. The molecule has 0 fully saturated rings. The Hall–Kier alpha value is -3.20. The van der Waals surface area contributed by atoms with Crippen LogP contribution in [-0.4, -0.2) is 18.7 Å². The second kappa shape index (κ2) is 5.46. The van der Waals surface area contributed by atoms with E-state index in [9.17, 15) is 9.59 Å². The van der Waals surface area contributed by atoms with Gasteiger partial charge in [-0.25, -0.2) is 0 Å². The third-order valence-corrected chi connectivity index (χ3v) is 4.33. The first-order chi connectivity index (χ1) is 11.7. The van der Waals surface area contributed by atoms with Gasteiger partial charge in [0, 0.05) is 22.3 Å². The molecule has 0 unspecified atom stereocenters. The summed E-state index contributed by atoms with van der Waals surface area (Å²) in [6.45, 7) is 0. The van der Waals surface area contributed by atoms with Crippen LogP contribution in [0.1, 0.15) is 31.8 Å². The maximum Gasteiger partial charge on any atom is 0.195 e. The molecule has 0 bridgehead atoms. The Morgan fingerprint density at radius 2 is 1.29 bits per heavy atom. The lowest BCUT2D eigenvalue weighted by atomic mass is 9.80. The van der Waals surface area contributed by atoms with Gasteiger partial charge in [-0.3, -0.25) is 9.59 Å². The molecule has 116 valence electrons. The third-order valence-electron chi connectivity index (χ3n) is 4.33. The van der Waals surface area contributed by atoms with Crippen LogP contribution < -0.4 is 4.74 Å². The highest BCUT2D eigenvalue weighted by Gasteiger charge is 2.31. The molecule has 4 rings (SSSR count). The smallest absolute Gasteiger partial charge is 0.195 e. The number of ether oxygens (including phenoxy) is 1. The van der Waals surface area contributed by atoms with E-state index in [-0.39, 0.29) is 11.6 Å². The topological polar surface area (TPSA) is 43.4 Å². The summed E-state index contributed by atoms with van der Waals surface area (Å²) in [5.41, 5.74) is 3.46. The first-order valence-corrected chi connectivity index (χ1v) is 7.66. The summed E-state index contributed by atoms with van der Waals surface area (Å²) in [6, 6.07) is 19.9. The second-order valence-corrected chi connectivity index (χ2v) is 5.66. The van der Waals surface area contributed by atoms with Gasteiger partial charge in [0.15, 0.2) is 11.6 Å². The molecular formula is C21H14O3. The van der Waals surface area contributed by atoms with Gasteiger partial charge in [-0.15, -0.1) is 0 Å². The molecule has 3 aromatic rings. The Morgan fingerprint density at radius 1 is 0.667 bits per heavy atom. The standard InChI is InChI=1S/C21H14O3/c1-24-14-7-4-6-13(12-14)15-10-5-11-18-19(15)21(23)17-9-3-2-8-16(17)20(18)22/h2-12H,1H3. The van der Waals surface area contributed by atoms with Crippen molar-refractivity contribution in [2.75, 3.05) is 7.11 Å². The van der Waals surface area contributed by atoms with Crippen molar-refractivity contribution in [2.45, 2.75) is 0 Å². The highest BCUT2D eigenvalue weighted by atomic mass is 16.5. The third kappa shape index (κ3) is 2.06. The fourth-order valence-electron chi connectivity index (χ4n) is 3.18. The van der Waals surface area contributed by atoms with E-state index in [1.165, 1.54) is 0 Å². The average molecular weight is 314 g/mol. The van der Waals surface area contributed by atoms with Crippen LogP contribution in [0.3, 0.4) is 0 Å². The number of rotatable bonds is 2. The Morgan fingerprint density at radius 3 is 2.04 bits per heavy atom. The highest BCUT2D eigenvalue weighted by molar-refractivity contribution is 6.30. The van der Waals surface area contributed by atoms with E-state index >= 15 is 0 Å². The lowest BCUT2D eigenvalue weighted by molar-refractivity contribution is 0.0979. The number of ketones is 2. The van der Waals surface area contributed by atoms with Gasteiger partial charge in [0.05, 0.1) is 7.11 Å². The van der Waals surface area contributed by atoms with Gasteiger partial charge in [-0.05, 0) is 23.3 Å². The van der Waals surface area contributed by atoms with E-state index in [1.54, 1.807) is 37.4 Å². The van der Waals surface area contributed by atoms with Crippen LogP contribution >= 0.6 is 0 Å². The van der Waals surface area contributed by atoms with Crippen molar-refractivity contribution < 1.29 is 14.3 Å². The fraction of sp³-hybridized carbons (Fsp3) is 0.0476. The normalized spacial score (nSPS) is 12.5. The first kappa shape index (κ1) is 14.4. The largest absolute Gasteiger partial charge is 0.497 e. The van der Waals surface area contributed by atoms with Crippen molar-refractivity contribution in [3.63, 3.8) is 0 Å². The van der Waals surface area contributed by atoms with E-state index in [0.29, 0.717) is 28.0 Å². The van der Waals surface area contributed by atoms with Crippen molar-refractivity contribution >= 4 is 11.6 Å². The minimum absolute atomic E-state index is 0.107. The fourth-order valence-corrected chi connectivity index (χ4v) is 3.18. The number of benzene rings is 3. The summed E-state index contributed by atoms with van der Waals surface area (Å²) in [5.74, 6) is 0.489. The van der Waals surface area contributed by atoms with Crippen LogP contribution in [0.15, 0.2) is 66.7 Å². The van der Waals surface area contributed by atoms with E-state index in [2.05, 4.69) is 0 Å². The number of carbonyl (C=O) groups excluding carboxylic acids is 2. The molecule has 3 aromatic carbocycles. The van der Waals surface area contributed by atoms with Gasteiger partial charge in [0.2, 0.25) is 0 Å². The minimum Gasteiger partial charge on any atom is -0.497 e. The molecule has 1 aliphatic carbocycles. The molecule has 0 amide bonds. The quantitative estimate of drug-likeness (QED) is 0.558. The number of carbonyl (C=O) groups is 2. The predicted molar refractivity (Wildman–Crippen MR) is 91.7 cm³/mol. The van der Waals surface area contributed by atoms with E-state index in [1.807, 2.05) is 36.4 Å². The van der Waals surface area contributed by atoms with Crippen LogP contribution in [0.2, 0.25) is 0 Å². The summed E-state index contributed by atoms with van der Waals surface area (Å²) in [7, 11) is 1.60. The van der Waals surface area contributed by atoms with Crippen LogP contribution in [0, 0.1) is 0 Å². The number of fused-ring (bicyclic) bond motifs is 2. The Labute approximate surface area is 139 Å². The zero-order chi connectivity index (χ0) is 16.7. The van der Waals surface area contributed by atoms with E-state index in [4.69, 9.17) is 4.74 Å².